The first-order valence-corrected chi connectivity index (χ1v) is 10.4. The first-order chi connectivity index (χ1) is 14.7. The lowest BCUT2D eigenvalue weighted by molar-refractivity contribution is -0.117. The van der Waals surface area contributed by atoms with E-state index in [9.17, 15) is 14.4 Å². The summed E-state index contributed by atoms with van der Waals surface area (Å²) in [5, 5.41) is 13.5. The zero-order chi connectivity index (χ0) is 20.9. The van der Waals surface area contributed by atoms with Crippen LogP contribution in [0.5, 0.6) is 0 Å². The highest BCUT2D eigenvalue weighted by Crippen LogP contribution is 2.25. The van der Waals surface area contributed by atoms with Gasteiger partial charge in [-0.15, -0.1) is 0 Å². The fourth-order valence-electron chi connectivity index (χ4n) is 4.15. The lowest BCUT2D eigenvalue weighted by atomic mass is 9.95. The number of aromatic nitrogens is 1. The van der Waals surface area contributed by atoms with Gasteiger partial charge in [0, 0.05) is 34.3 Å². The van der Waals surface area contributed by atoms with Gasteiger partial charge in [0.25, 0.3) is 5.91 Å². The molecule has 5 heteroatoms. The van der Waals surface area contributed by atoms with Gasteiger partial charge >= 0.3 is 0 Å². The first kappa shape index (κ1) is 19.9. The number of nitrogens with one attached hydrogen (secondary N) is 1. The van der Waals surface area contributed by atoms with E-state index in [1.165, 1.54) is 12.5 Å². The van der Waals surface area contributed by atoms with Crippen LogP contribution in [0, 0.1) is 17.1 Å². The van der Waals surface area contributed by atoms with E-state index in [1.807, 2.05) is 41.1 Å². The van der Waals surface area contributed by atoms with Crippen molar-refractivity contribution in [1.29, 1.82) is 5.26 Å². The van der Waals surface area contributed by atoms with Crippen molar-refractivity contribution in [1.82, 2.24) is 9.88 Å². The van der Waals surface area contributed by atoms with Crippen LogP contribution in [-0.2, 0) is 11.3 Å². The first-order valence-electron chi connectivity index (χ1n) is 10.4. The Kier molecular flexibility index (Phi) is 5.94. The zero-order valence-electron chi connectivity index (χ0n) is 16.8. The van der Waals surface area contributed by atoms with E-state index in [0.717, 1.165) is 42.1 Å². The molecule has 2 aromatic carbocycles. The molecule has 1 heterocycles. The molecule has 1 aromatic heterocycles. The van der Waals surface area contributed by atoms with E-state index in [2.05, 4.69) is 11.4 Å². The van der Waals surface area contributed by atoms with Crippen molar-refractivity contribution in [3.8, 4) is 6.07 Å². The summed E-state index contributed by atoms with van der Waals surface area (Å²) in [7, 11) is 0. The molecule has 1 aliphatic carbocycles. The van der Waals surface area contributed by atoms with Crippen molar-refractivity contribution < 1.29 is 9.18 Å². The minimum atomic E-state index is -0.324. The summed E-state index contributed by atoms with van der Waals surface area (Å²) in [5.41, 5.74) is 2.38. The van der Waals surface area contributed by atoms with Gasteiger partial charge in [0.1, 0.15) is 17.5 Å². The molecule has 0 radical (unpaired) electrons. The molecule has 0 spiro atoms. The molecule has 0 atom stereocenters. The molecule has 30 heavy (non-hydrogen) atoms. The number of amides is 1. The number of carbonyl (C=O) groups excluding carboxylic acids is 1. The standard InChI is InChI=1S/C25H24FN3O/c26-23-12-6-4-8-18(23)16-29-17-20(22-11-5-7-13-24(22)29)14-19(15-27)25(30)28-21-9-2-1-3-10-21/h4-8,11-14,17,21H,1-3,9-10,16H2,(H,28,30). The van der Waals surface area contributed by atoms with Gasteiger partial charge in [-0.3, -0.25) is 4.79 Å². The Balaban J connectivity index is 1.65. The molecule has 0 unspecified atom stereocenters. The van der Waals surface area contributed by atoms with E-state index >= 15 is 0 Å². The average molecular weight is 401 g/mol. The number of halogens is 1. The molecule has 1 N–H and O–H groups in total. The Hall–Kier alpha value is -3.39. The van der Waals surface area contributed by atoms with Gasteiger partial charge in [0.2, 0.25) is 0 Å². The third kappa shape index (κ3) is 4.28. The number of hydrogen-bond acceptors (Lipinski definition) is 2. The predicted octanol–water partition coefficient (Wildman–Crippen LogP) is 5.18. The smallest absolute Gasteiger partial charge is 0.262 e. The van der Waals surface area contributed by atoms with Gasteiger partial charge < -0.3 is 9.88 Å². The van der Waals surface area contributed by atoms with Crippen LogP contribution < -0.4 is 5.32 Å². The van der Waals surface area contributed by atoms with E-state index in [-0.39, 0.29) is 23.3 Å². The van der Waals surface area contributed by atoms with Crippen LogP contribution in [0.3, 0.4) is 0 Å². The number of para-hydroxylation sites is 1. The van der Waals surface area contributed by atoms with E-state index in [1.54, 1.807) is 18.2 Å². The highest BCUT2D eigenvalue weighted by molar-refractivity contribution is 6.04. The Labute approximate surface area is 175 Å². The molecule has 3 aromatic rings. The van der Waals surface area contributed by atoms with E-state index < -0.39 is 0 Å². The van der Waals surface area contributed by atoms with Crippen molar-refractivity contribution >= 4 is 22.9 Å². The molecule has 1 fully saturated rings. The highest BCUT2D eigenvalue weighted by atomic mass is 19.1. The third-order valence-electron chi connectivity index (χ3n) is 5.72. The lowest BCUT2D eigenvalue weighted by Crippen LogP contribution is -2.36. The summed E-state index contributed by atoms with van der Waals surface area (Å²) in [5.74, 6) is -0.577. The summed E-state index contributed by atoms with van der Waals surface area (Å²) in [6.07, 6.45) is 8.87. The van der Waals surface area contributed by atoms with Gasteiger partial charge in [-0.2, -0.15) is 5.26 Å². The quantitative estimate of drug-likeness (QED) is 0.473. The Morgan fingerprint density at radius 3 is 2.63 bits per heavy atom. The van der Waals surface area contributed by atoms with Crippen molar-refractivity contribution in [2.24, 2.45) is 0 Å². The number of fused-ring (bicyclic) bond motifs is 1. The number of carbonyl (C=O) groups is 1. The van der Waals surface area contributed by atoms with Crippen LogP contribution in [0.1, 0.15) is 43.2 Å². The SMILES string of the molecule is N#CC(=Cc1cn(Cc2ccccc2F)c2ccccc12)C(=O)NC1CCCCC1. The van der Waals surface area contributed by atoms with Crippen molar-refractivity contribution in [3.05, 3.63) is 77.2 Å². The molecule has 1 aliphatic rings. The van der Waals surface area contributed by atoms with Crippen molar-refractivity contribution in [2.75, 3.05) is 0 Å². The van der Waals surface area contributed by atoms with E-state index in [0.29, 0.717) is 12.1 Å². The predicted molar refractivity (Wildman–Crippen MR) is 116 cm³/mol. The molecule has 1 amide bonds. The normalized spacial score (nSPS) is 15.1. The number of hydrogen-bond donors (Lipinski definition) is 1. The minimum absolute atomic E-state index is 0.0920. The highest BCUT2D eigenvalue weighted by Gasteiger charge is 2.19. The molecule has 4 nitrogen and oxygen atoms in total. The van der Waals surface area contributed by atoms with Crippen molar-refractivity contribution in [3.63, 3.8) is 0 Å². The second-order valence-electron chi connectivity index (χ2n) is 7.80. The van der Waals surface area contributed by atoms with Gasteiger partial charge in [0.05, 0.1) is 6.54 Å². The summed E-state index contributed by atoms with van der Waals surface area (Å²) in [4.78, 5) is 12.7. The Bertz CT molecular complexity index is 1130. The Morgan fingerprint density at radius 2 is 1.87 bits per heavy atom. The largest absolute Gasteiger partial charge is 0.349 e. The molecule has 4 rings (SSSR count). The zero-order valence-corrected chi connectivity index (χ0v) is 16.8. The number of nitrogens with zero attached hydrogens (tertiary/aromatic N) is 2. The minimum Gasteiger partial charge on any atom is -0.349 e. The van der Waals surface area contributed by atoms with Gasteiger partial charge in [-0.25, -0.2) is 4.39 Å². The average Bonchev–Trinajstić information content (AvgIpc) is 3.11. The van der Waals surface area contributed by atoms with Gasteiger partial charge in [-0.05, 0) is 31.1 Å². The fraction of sp³-hybridized carbons (Fsp3) is 0.280. The summed E-state index contributed by atoms with van der Waals surface area (Å²) >= 11 is 0. The summed E-state index contributed by atoms with van der Waals surface area (Å²) in [6, 6.07) is 16.6. The van der Waals surface area contributed by atoms with Crippen LogP contribution in [0.4, 0.5) is 4.39 Å². The molecule has 0 saturated heterocycles. The second kappa shape index (κ2) is 8.96. The van der Waals surface area contributed by atoms with Crippen molar-refractivity contribution in [2.45, 2.75) is 44.7 Å². The monoisotopic (exact) mass is 401 g/mol. The molecule has 1 saturated carbocycles. The maximum atomic E-state index is 14.2. The second-order valence-corrected chi connectivity index (χ2v) is 7.80. The van der Waals surface area contributed by atoms with Crippen LogP contribution >= 0.6 is 0 Å². The molecular formula is C25H24FN3O. The number of benzene rings is 2. The molecule has 152 valence electrons. The molecule has 0 aliphatic heterocycles. The van der Waals surface area contributed by atoms with Crippen LogP contribution in [0.25, 0.3) is 17.0 Å². The maximum absolute atomic E-state index is 14.2. The molecular weight excluding hydrogens is 377 g/mol. The number of nitriles is 1. The lowest BCUT2D eigenvalue weighted by Gasteiger charge is -2.22. The number of rotatable bonds is 5. The summed E-state index contributed by atoms with van der Waals surface area (Å²) in [6.45, 7) is 0.372. The molecule has 0 bridgehead atoms. The van der Waals surface area contributed by atoms with Crippen LogP contribution in [0.2, 0.25) is 0 Å². The third-order valence-corrected chi connectivity index (χ3v) is 5.72. The fourth-order valence-corrected chi connectivity index (χ4v) is 4.15. The topological polar surface area (TPSA) is 57.8 Å². The van der Waals surface area contributed by atoms with Gasteiger partial charge in [0.15, 0.2) is 0 Å². The van der Waals surface area contributed by atoms with E-state index in [4.69, 9.17) is 0 Å². The van der Waals surface area contributed by atoms with Gasteiger partial charge in [-0.1, -0.05) is 55.7 Å². The maximum Gasteiger partial charge on any atom is 0.262 e. The van der Waals surface area contributed by atoms with Crippen LogP contribution in [0.15, 0.2) is 60.3 Å². The van der Waals surface area contributed by atoms with Crippen LogP contribution in [-0.4, -0.2) is 16.5 Å². The Morgan fingerprint density at radius 1 is 1.13 bits per heavy atom. The summed E-state index contributed by atoms with van der Waals surface area (Å²) < 4.78 is 16.1.